The highest BCUT2D eigenvalue weighted by atomic mass is 16.5. The number of carbonyl (C=O) groups excluding carboxylic acids is 3. The van der Waals surface area contributed by atoms with Gasteiger partial charge in [-0.3, -0.25) is 9.59 Å². The number of ether oxygens (including phenoxy) is 1. The van der Waals surface area contributed by atoms with Crippen LogP contribution in [0.1, 0.15) is 42.2 Å². The first-order valence-electron chi connectivity index (χ1n) is 9.42. The lowest BCUT2D eigenvalue weighted by atomic mass is 10.1. The van der Waals surface area contributed by atoms with Crippen molar-refractivity contribution >= 4 is 23.5 Å². The molecule has 0 saturated carbocycles. The number of carbonyl (C=O) groups is 3. The van der Waals surface area contributed by atoms with E-state index in [0.717, 1.165) is 5.56 Å². The second kappa shape index (κ2) is 8.69. The molecule has 2 atom stereocenters. The Labute approximate surface area is 164 Å². The Morgan fingerprint density at radius 3 is 2.46 bits per heavy atom. The van der Waals surface area contributed by atoms with E-state index < -0.39 is 11.9 Å². The quantitative estimate of drug-likeness (QED) is 0.779. The maximum absolute atomic E-state index is 12.6. The van der Waals surface area contributed by atoms with E-state index in [1.165, 1.54) is 0 Å². The summed E-state index contributed by atoms with van der Waals surface area (Å²) in [6.45, 7) is 4.42. The van der Waals surface area contributed by atoms with E-state index in [9.17, 15) is 14.4 Å². The molecule has 1 fully saturated rings. The number of hydrogen-bond donors (Lipinski definition) is 1. The van der Waals surface area contributed by atoms with E-state index in [2.05, 4.69) is 5.32 Å². The topological polar surface area (TPSA) is 75.7 Å². The van der Waals surface area contributed by atoms with Gasteiger partial charge in [-0.05, 0) is 43.7 Å². The first-order valence-corrected chi connectivity index (χ1v) is 9.42. The molecule has 0 unspecified atom stereocenters. The summed E-state index contributed by atoms with van der Waals surface area (Å²) in [5, 5.41) is 2.83. The summed E-state index contributed by atoms with van der Waals surface area (Å²) in [5.74, 6) is -1.01. The van der Waals surface area contributed by atoms with Crippen molar-refractivity contribution in [3.8, 4) is 0 Å². The predicted octanol–water partition coefficient (Wildman–Crippen LogP) is 3.41. The molecule has 2 amide bonds. The van der Waals surface area contributed by atoms with Gasteiger partial charge in [0.2, 0.25) is 11.8 Å². The monoisotopic (exact) mass is 380 g/mol. The van der Waals surface area contributed by atoms with Gasteiger partial charge in [0.15, 0.2) is 0 Å². The molecular formula is C22H24N2O4. The minimum atomic E-state index is -0.400. The molecule has 1 aliphatic heterocycles. The van der Waals surface area contributed by atoms with Gasteiger partial charge in [0.1, 0.15) is 0 Å². The van der Waals surface area contributed by atoms with Gasteiger partial charge in [-0.15, -0.1) is 0 Å². The zero-order valence-corrected chi connectivity index (χ0v) is 16.1. The van der Waals surface area contributed by atoms with Crippen molar-refractivity contribution in [2.75, 3.05) is 18.5 Å². The van der Waals surface area contributed by atoms with E-state index in [4.69, 9.17) is 4.74 Å². The van der Waals surface area contributed by atoms with Crippen LogP contribution in [0, 0.1) is 5.92 Å². The molecule has 1 aliphatic rings. The molecule has 0 aliphatic carbocycles. The van der Waals surface area contributed by atoms with Gasteiger partial charge in [0.25, 0.3) is 0 Å². The molecule has 6 heteroatoms. The summed E-state index contributed by atoms with van der Waals surface area (Å²) in [6.07, 6.45) is 0.198. The number of benzene rings is 2. The van der Waals surface area contributed by atoms with Crippen molar-refractivity contribution in [1.29, 1.82) is 0 Å². The zero-order valence-electron chi connectivity index (χ0n) is 16.1. The summed E-state index contributed by atoms with van der Waals surface area (Å²) < 4.78 is 4.94. The van der Waals surface area contributed by atoms with E-state index in [1.54, 1.807) is 36.1 Å². The molecule has 1 heterocycles. The van der Waals surface area contributed by atoms with Crippen LogP contribution in [-0.4, -0.2) is 35.8 Å². The van der Waals surface area contributed by atoms with Crippen molar-refractivity contribution in [1.82, 2.24) is 4.90 Å². The Balaban J connectivity index is 1.61. The second-order valence-electron chi connectivity index (χ2n) is 6.82. The normalized spacial score (nSPS) is 17.3. The average Bonchev–Trinajstić information content (AvgIpc) is 3.10. The van der Waals surface area contributed by atoms with Crippen molar-refractivity contribution < 1.29 is 19.1 Å². The molecule has 0 spiro atoms. The lowest BCUT2D eigenvalue weighted by Crippen LogP contribution is -2.30. The number of nitrogens with zero attached hydrogens (tertiary/aromatic N) is 1. The van der Waals surface area contributed by atoms with E-state index in [1.807, 2.05) is 37.3 Å². The summed E-state index contributed by atoms with van der Waals surface area (Å²) >= 11 is 0. The smallest absolute Gasteiger partial charge is 0.338 e. The van der Waals surface area contributed by atoms with Gasteiger partial charge >= 0.3 is 5.97 Å². The first-order chi connectivity index (χ1) is 13.5. The molecule has 6 nitrogen and oxygen atoms in total. The summed E-state index contributed by atoms with van der Waals surface area (Å²) in [6, 6.07) is 16.2. The molecule has 146 valence electrons. The fourth-order valence-corrected chi connectivity index (χ4v) is 3.34. The number of esters is 1. The van der Waals surface area contributed by atoms with Crippen LogP contribution in [0.25, 0.3) is 0 Å². The average molecular weight is 380 g/mol. The molecule has 0 bridgehead atoms. The lowest BCUT2D eigenvalue weighted by Gasteiger charge is -2.25. The Morgan fingerprint density at radius 1 is 1.14 bits per heavy atom. The second-order valence-corrected chi connectivity index (χ2v) is 6.82. The molecular weight excluding hydrogens is 356 g/mol. The summed E-state index contributed by atoms with van der Waals surface area (Å²) in [5.41, 5.74) is 2.06. The van der Waals surface area contributed by atoms with Crippen LogP contribution >= 0.6 is 0 Å². The first kappa shape index (κ1) is 19.6. The highest BCUT2D eigenvalue weighted by Crippen LogP contribution is 2.29. The van der Waals surface area contributed by atoms with Crippen LogP contribution in [0.5, 0.6) is 0 Å². The minimum Gasteiger partial charge on any atom is -0.462 e. The van der Waals surface area contributed by atoms with Crippen LogP contribution in [0.4, 0.5) is 5.69 Å². The molecule has 2 aromatic carbocycles. The van der Waals surface area contributed by atoms with Crippen molar-refractivity contribution in [2.45, 2.75) is 26.3 Å². The molecule has 0 radical (unpaired) electrons. The van der Waals surface area contributed by atoms with Crippen LogP contribution in [0.3, 0.4) is 0 Å². The van der Waals surface area contributed by atoms with Crippen LogP contribution < -0.4 is 5.32 Å². The fourth-order valence-electron chi connectivity index (χ4n) is 3.34. The number of hydrogen-bond acceptors (Lipinski definition) is 4. The lowest BCUT2D eigenvalue weighted by molar-refractivity contribution is -0.129. The highest BCUT2D eigenvalue weighted by molar-refractivity contribution is 5.97. The third kappa shape index (κ3) is 4.39. The van der Waals surface area contributed by atoms with Crippen LogP contribution in [-0.2, 0) is 14.3 Å². The van der Waals surface area contributed by atoms with Crippen molar-refractivity contribution in [2.24, 2.45) is 5.92 Å². The Morgan fingerprint density at radius 2 is 1.82 bits per heavy atom. The SMILES string of the molecule is CCOC(=O)c1ccc(NC(=O)[C@H]2CC(=O)N([C@@H](C)c3ccccc3)C2)cc1. The molecule has 1 N–H and O–H groups in total. The molecule has 3 rings (SSSR count). The van der Waals surface area contributed by atoms with E-state index >= 15 is 0 Å². The van der Waals surface area contributed by atoms with Crippen molar-refractivity contribution in [3.63, 3.8) is 0 Å². The van der Waals surface area contributed by atoms with Crippen LogP contribution in [0.15, 0.2) is 54.6 Å². The maximum Gasteiger partial charge on any atom is 0.338 e. The maximum atomic E-state index is 12.6. The molecule has 1 saturated heterocycles. The third-order valence-corrected chi connectivity index (χ3v) is 4.94. The number of rotatable bonds is 6. The molecule has 28 heavy (non-hydrogen) atoms. The van der Waals surface area contributed by atoms with Gasteiger partial charge in [0.05, 0.1) is 24.1 Å². The van der Waals surface area contributed by atoms with Crippen LogP contribution in [0.2, 0.25) is 0 Å². The van der Waals surface area contributed by atoms with Crippen molar-refractivity contribution in [3.05, 3.63) is 65.7 Å². The van der Waals surface area contributed by atoms with E-state index in [-0.39, 0.29) is 24.3 Å². The standard InChI is InChI=1S/C22H24N2O4/c1-3-28-22(27)17-9-11-19(12-10-17)23-21(26)18-13-20(25)24(14-18)15(2)16-7-5-4-6-8-16/h4-12,15,18H,3,13-14H2,1-2H3,(H,23,26)/t15-,18-/m0/s1. The Kier molecular flexibility index (Phi) is 6.09. The Bertz CT molecular complexity index is 849. The number of likely N-dealkylation sites (tertiary alicyclic amines) is 1. The van der Waals surface area contributed by atoms with E-state index in [0.29, 0.717) is 24.4 Å². The van der Waals surface area contributed by atoms with Gasteiger partial charge in [0, 0.05) is 18.7 Å². The highest BCUT2D eigenvalue weighted by Gasteiger charge is 2.37. The number of amides is 2. The summed E-state index contributed by atoms with van der Waals surface area (Å²) in [4.78, 5) is 38.5. The molecule has 0 aromatic heterocycles. The van der Waals surface area contributed by atoms with Gasteiger partial charge in [-0.1, -0.05) is 30.3 Å². The van der Waals surface area contributed by atoms with Gasteiger partial charge < -0.3 is 15.0 Å². The van der Waals surface area contributed by atoms with Gasteiger partial charge in [-0.25, -0.2) is 4.79 Å². The van der Waals surface area contributed by atoms with Gasteiger partial charge in [-0.2, -0.15) is 0 Å². The minimum absolute atomic E-state index is 0.0193. The summed E-state index contributed by atoms with van der Waals surface area (Å²) in [7, 11) is 0. The largest absolute Gasteiger partial charge is 0.462 e. The number of anilines is 1. The third-order valence-electron chi connectivity index (χ3n) is 4.94. The predicted molar refractivity (Wildman–Crippen MR) is 106 cm³/mol. The zero-order chi connectivity index (χ0) is 20.1. The molecule has 2 aromatic rings. The Hall–Kier alpha value is -3.15. The fraction of sp³-hybridized carbons (Fsp3) is 0.318. The number of nitrogens with one attached hydrogen (secondary N) is 1.